The summed E-state index contributed by atoms with van der Waals surface area (Å²) in [6.07, 6.45) is -5.19. The third kappa shape index (κ3) is 4.62. The van der Waals surface area contributed by atoms with Crippen molar-refractivity contribution in [2.24, 2.45) is 0 Å². The van der Waals surface area contributed by atoms with Gasteiger partial charge in [-0.2, -0.15) is 18.4 Å². The van der Waals surface area contributed by atoms with Crippen LogP contribution in [0.1, 0.15) is 42.1 Å². The van der Waals surface area contributed by atoms with Gasteiger partial charge in [0, 0.05) is 40.3 Å². The monoisotopic (exact) mass is 506 g/mol. The van der Waals surface area contributed by atoms with Crippen LogP contribution in [0, 0.1) is 18.3 Å². The molecule has 2 N–H and O–H groups in total. The Kier molecular flexibility index (Phi) is 5.93. The average Bonchev–Trinajstić information content (AvgIpc) is 3.14. The lowest BCUT2D eigenvalue weighted by Gasteiger charge is -2.42. The van der Waals surface area contributed by atoms with Gasteiger partial charge in [-0.05, 0) is 61.7 Å². The van der Waals surface area contributed by atoms with Gasteiger partial charge in [-0.25, -0.2) is 8.42 Å². The Morgan fingerprint density at radius 2 is 1.94 bits per heavy atom. The molecule has 186 valence electrons. The number of aromatic nitrogens is 1. The largest absolute Gasteiger partial charge is 0.493 e. The molecule has 0 saturated carbocycles. The minimum Gasteiger partial charge on any atom is -0.493 e. The number of aliphatic hydroxyl groups is 1. The number of aryl methyl sites for hydroxylation is 1. The molecule has 0 fully saturated rings. The summed E-state index contributed by atoms with van der Waals surface area (Å²) in [6.45, 7) is 3.49. The van der Waals surface area contributed by atoms with Gasteiger partial charge >= 0.3 is 6.18 Å². The van der Waals surface area contributed by atoms with E-state index in [0.29, 0.717) is 27.8 Å². The number of fused-ring (bicyclic) bond motifs is 2. The number of alkyl halides is 3. The fourth-order valence-electron chi connectivity index (χ4n) is 4.90. The number of ether oxygens (including phenoxy) is 1. The van der Waals surface area contributed by atoms with Crippen LogP contribution in [0.5, 0.6) is 5.75 Å². The van der Waals surface area contributed by atoms with Crippen molar-refractivity contribution in [2.45, 2.75) is 55.2 Å². The number of H-pyrrole nitrogens is 1. The molecule has 3 aromatic rings. The fourth-order valence-corrected chi connectivity index (χ4v) is 5.55. The van der Waals surface area contributed by atoms with Gasteiger partial charge < -0.3 is 14.8 Å². The summed E-state index contributed by atoms with van der Waals surface area (Å²) in [4.78, 5) is 2.90. The SMILES string of the molecule is Cc1cc(C#N)cc2[nH]c(CC(O)(CC3(C)CCOc4ccc(S(C)(=O)=O)cc43)C(F)(F)F)cc12. The van der Waals surface area contributed by atoms with E-state index in [1.54, 1.807) is 32.0 Å². The lowest BCUT2D eigenvalue weighted by molar-refractivity contribution is -0.267. The van der Waals surface area contributed by atoms with Crippen molar-refractivity contribution >= 4 is 20.7 Å². The number of aromatic amines is 1. The van der Waals surface area contributed by atoms with Crippen molar-refractivity contribution < 1.29 is 31.4 Å². The molecule has 1 aliphatic rings. The minimum absolute atomic E-state index is 0.0251. The van der Waals surface area contributed by atoms with Gasteiger partial charge in [-0.15, -0.1) is 0 Å². The molecule has 1 aliphatic heterocycles. The summed E-state index contributed by atoms with van der Waals surface area (Å²) in [7, 11) is -3.60. The Labute approximate surface area is 201 Å². The van der Waals surface area contributed by atoms with Crippen LogP contribution in [0.15, 0.2) is 41.3 Å². The van der Waals surface area contributed by atoms with E-state index in [2.05, 4.69) is 4.98 Å². The number of rotatable bonds is 5. The third-order valence-electron chi connectivity index (χ3n) is 6.76. The van der Waals surface area contributed by atoms with Crippen LogP contribution in [-0.2, 0) is 21.7 Å². The summed E-state index contributed by atoms with van der Waals surface area (Å²) >= 11 is 0. The van der Waals surface area contributed by atoms with Crippen molar-refractivity contribution in [1.29, 1.82) is 5.26 Å². The molecule has 0 bridgehead atoms. The maximum Gasteiger partial charge on any atom is 0.417 e. The number of hydrogen-bond acceptors (Lipinski definition) is 5. The van der Waals surface area contributed by atoms with E-state index in [1.807, 2.05) is 6.07 Å². The van der Waals surface area contributed by atoms with E-state index >= 15 is 0 Å². The van der Waals surface area contributed by atoms with Gasteiger partial charge in [-0.3, -0.25) is 0 Å². The highest BCUT2D eigenvalue weighted by Crippen LogP contribution is 2.49. The lowest BCUT2D eigenvalue weighted by Crippen LogP contribution is -2.52. The molecule has 0 radical (unpaired) electrons. The Balaban J connectivity index is 1.76. The third-order valence-corrected chi connectivity index (χ3v) is 7.87. The molecule has 35 heavy (non-hydrogen) atoms. The molecular formula is C25H25F3N2O4S. The molecule has 1 aromatic heterocycles. The average molecular weight is 507 g/mol. The van der Waals surface area contributed by atoms with E-state index in [4.69, 9.17) is 4.74 Å². The minimum atomic E-state index is -4.97. The quantitative estimate of drug-likeness (QED) is 0.521. The zero-order chi connectivity index (χ0) is 25.8. The predicted molar refractivity (Wildman–Crippen MR) is 124 cm³/mol. The number of halogens is 3. The highest BCUT2D eigenvalue weighted by atomic mass is 32.2. The molecule has 2 aromatic carbocycles. The summed E-state index contributed by atoms with van der Waals surface area (Å²) in [5, 5.41) is 21.0. The topological polar surface area (TPSA) is 103 Å². The number of nitrogens with zero attached hydrogens (tertiary/aromatic N) is 1. The fraction of sp³-hybridized carbons (Fsp3) is 0.400. The number of nitrogens with one attached hydrogen (secondary N) is 1. The molecule has 0 spiro atoms. The Morgan fingerprint density at radius 1 is 1.23 bits per heavy atom. The van der Waals surface area contributed by atoms with Gasteiger partial charge in [0.15, 0.2) is 15.4 Å². The van der Waals surface area contributed by atoms with Crippen molar-refractivity contribution in [2.75, 3.05) is 12.9 Å². The van der Waals surface area contributed by atoms with Crippen molar-refractivity contribution in [3.8, 4) is 11.8 Å². The first-order valence-corrected chi connectivity index (χ1v) is 12.8. The number of benzene rings is 2. The first-order valence-electron chi connectivity index (χ1n) is 10.9. The van der Waals surface area contributed by atoms with E-state index < -0.39 is 39.9 Å². The molecule has 6 nitrogen and oxygen atoms in total. The van der Waals surface area contributed by atoms with Crippen LogP contribution in [0.25, 0.3) is 10.9 Å². The van der Waals surface area contributed by atoms with Gasteiger partial charge in [0.2, 0.25) is 0 Å². The maximum atomic E-state index is 14.4. The number of sulfone groups is 1. The smallest absolute Gasteiger partial charge is 0.417 e. The van der Waals surface area contributed by atoms with Crippen molar-refractivity contribution in [3.05, 3.63) is 58.8 Å². The zero-order valence-electron chi connectivity index (χ0n) is 19.5. The lowest BCUT2D eigenvalue weighted by atomic mass is 9.69. The first-order chi connectivity index (χ1) is 16.1. The van der Waals surface area contributed by atoms with Crippen LogP contribution < -0.4 is 4.74 Å². The molecule has 0 amide bonds. The van der Waals surface area contributed by atoms with Crippen LogP contribution in [0.2, 0.25) is 0 Å². The summed E-state index contributed by atoms with van der Waals surface area (Å²) in [5.74, 6) is 0.306. The first kappa shape index (κ1) is 25.1. The van der Waals surface area contributed by atoms with Gasteiger partial charge in [0.05, 0.1) is 23.1 Å². The van der Waals surface area contributed by atoms with E-state index in [-0.39, 0.29) is 23.6 Å². The number of nitriles is 1. The van der Waals surface area contributed by atoms with Crippen LogP contribution in [0.4, 0.5) is 13.2 Å². The van der Waals surface area contributed by atoms with Gasteiger partial charge in [0.25, 0.3) is 0 Å². The molecular weight excluding hydrogens is 481 g/mol. The van der Waals surface area contributed by atoms with E-state index in [9.17, 15) is 32.0 Å². The molecule has 2 atom stereocenters. The molecule has 2 unspecified atom stereocenters. The normalized spacial score (nSPS) is 20.1. The highest BCUT2D eigenvalue weighted by molar-refractivity contribution is 7.90. The van der Waals surface area contributed by atoms with Crippen LogP contribution >= 0.6 is 0 Å². The summed E-state index contributed by atoms with van der Waals surface area (Å²) in [5.41, 5.74) is -2.18. The Bertz CT molecular complexity index is 1460. The van der Waals surface area contributed by atoms with Gasteiger partial charge in [-0.1, -0.05) is 6.92 Å². The summed E-state index contributed by atoms with van der Waals surface area (Å²) < 4.78 is 72.9. The molecule has 4 rings (SSSR count). The predicted octanol–water partition coefficient (Wildman–Crippen LogP) is 4.72. The second-order valence-electron chi connectivity index (χ2n) is 9.63. The molecule has 0 aliphatic carbocycles. The number of hydrogen-bond donors (Lipinski definition) is 2. The van der Waals surface area contributed by atoms with Crippen molar-refractivity contribution in [3.63, 3.8) is 0 Å². The summed E-state index contributed by atoms with van der Waals surface area (Å²) in [6, 6.07) is 10.9. The zero-order valence-corrected chi connectivity index (χ0v) is 20.3. The van der Waals surface area contributed by atoms with Crippen LogP contribution in [-0.4, -0.2) is 43.1 Å². The highest BCUT2D eigenvalue weighted by Gasteiger charge is 2.57. The molecule has 10 heteroatoms. The standard InChI is InChI=1S/C25H25F3N2O4S/c1-15-8-16(13-29)9-21-19(15)10-17(30-21)12-24(31,25(26,27)28)14-23(2)6-7-34-22-5-4-18(11-20(22)23)35(3,32)33/h4-5,8-11,30-31H,6-7,12,14H2,1-3H3. The second kappa shape index (κ2) is 8.28. The van der Waals surface area contributed by atoms with Crippen molar-refractivity contribution in [1.82, 2.24) is 4.98 Å². The molecule has 2 heterocycles. The Morgan fingerprint density at radius 3 is 2.57 bits per heavy atom. The maximum absolute atomic E-state index is 14.4. The molecule has 0 saturated heterocycles. The van der Waals surface area contributed by atoms with Gasteiger partial charge in [0.1, 0.15) is 5.75 Å². The van der Waals surface area contributed by atoms with E-state index in [0.717, 1.165) is 11.8 Å². The second-order valence-corrected chi connectivity index (χ2v) is 11.6. The van der Waals surface area contributed by atoms with E-state index in [1.165, 1.54) is 18.2 Å². The van der Waals surface area contributed by atoms with Crippen LogP contribution in [0.3, 0.4) is 0 Å². The Hall–Kier alpha value is -3.03.